The van der Waals surface area contributed by atoms with Crippen LogP contribution < -0.4 is 10.6 Å². The summed E-state index contributed by atoms with van der Waals surface area (Å²) in [5.74, 6) is -4.18. The number of amides is 2. The maximum atomic E-state index is 14.8. The zero-order valence-electron chi connectivity index (χ0n) is 20.9. The number of nitrogens with one attached hydrogen (secondary N) is 2. The molecule has 12 heteroatoms. The largest absolute Gasteiger partial charge is 0.465 e. The lowest BCUT2D eigenvalue weighted by Gasteiger charge is -2.34. The van der Waals surface area contributed by atoms with Gasteiger partial charge in [0.1, 0.15) is 34.9 Å². The number of nitrogens with zero attached hydrogens (tertiary/aromatic N) is 2. The van der Waals surface area contributed by atoms with E-state index in [0.717, 1.165) is 36.2 Å². The Hall–Kier alpha value is -4.03. The quantitative estimate of drug-likeness (QED) is 0.297. The van der Waals surface area contributed by atoms with E-state index in [9.17, 15) is 27.9 Å². The van der Waals surface area contributed by atoms with Gasteiger partial charge in [0.05, 0.1) is 24.1 Å². The van der Waals surface area contributed by atoms with Gasteiger partial charge in [-0.3, -0.25) is 9.78 Å². The van der Waals surface area contributed by atoms with Crippen LogP contribution in [0.25, 0.3) is 11.3 Å². The number of carboxylic acid groups (broad SMARTS) is 1. The molecule has 0 spiro atoms. The molecule has 3 aromatic rings. The molecular weight excluding hydrogens is 517 g/mol. The number of hydrogen-bond donors (Lipinski definition) is 5. The molecule has 2 heterocycles. The van der Waals surface area contributed by atoms with E-state index in [1.165, 1.54) is 6.20 Å². The smallest absolute Gasteiger partial charge is 0.404 e. The van der Waals surface area contributed by atoms with E-state index in [-0.39, 0.29) is 29.1 Å². The number of aromatic nitrogens is 2. The van der Waals surface area contributed by atoms with Gasteiger partial charge in [-0.05, 0) is 72.6 Å². The van der Waals surface area contributed by atoms with Gasteiger partial charge in [0.25, 0.3) is 5.91 Å². The Kier molecular flexibility index (Phi) is 8.46. The fraction of sp³-hybridized carbons (Fsp3) is 0.333. The van der Waals surface area contributed by atoms with Crippen LogP contribution in [0, 0.1) is 23.4 Å². The zero-order chi connectivity index (χ0) is 28.3. The van der Waals surface area contributed by atoms with Gasteiger partial charge in [-0.2, -0.15) is 0 Å². The number of halogens is 3. The Morgan fingerprint density at radius 1 is 1.08 bits per heavy atom. The van der Waals surface area contributed by atoms with Gasteiger partial charge in [-0.25, -0.2) is 22.9 Å². The molecule has 0 unspecified atom stereocenters. The van der Waals surface area contributed by atoms with E-state index < -0.39 is 53.4 Å². The number of anilines is 1. The standard InChI is InChI=1S/C27H27F3N4O5/c1-13-6-14(8-16(7-13)32-27(38)39)17-4-5-31-11-22(17)34-26(37)21-3-2-18(28)25(33-21)24-19(29)9-15(10-20(24)30)23(36)12-35/h2-5,9-11,13-14,16,23,32,35-36H,6-8,12H2,1H3,(H,34,37)(H,38,39)/t13-,14+,16-,23+/m0/s1. The molecule has 0 bridgehead atoms. The van der Waals surface area contributed by atoms with Crippen LogP contribution in [0.2, 0.25) is 0 Å². The summed E-state index contributed by atoms with van der Waals surface area (Å²) in [7, 11) is 0. The minimum atomic E-state index is -1.53. The minimum Gasteiger partial charge on any atom is -0.465 e. The molecule has 0 radical (unpaired) electrons. The molecule has 206 valence electrons. The van der Waals surface area contributed by atoms with E-state index in [0.29, 0.717) is 18.5 Å². The molecule has 1 aliphatic rings. The van der Waals surface area contributed by atoms with E-state index in [1.807, 2.05) is 6.92 Å². The topological polar surface area (TPSA) is 145 Å². The number of pyridine rings is 2. The normalized spacial score (nSPS) is 19.8. The average Bonchev–Trinajstić information content (AvgIpc) is 2.88. The van der Waals surface area contributed by atoms with Crippen molar-refractivity contribution in [1.29, 1.82) is 0 Å². The molecular formula is C27H27F3N4O5. The molecule has 2 aromatic heterocycles. The number of aliphatic hydroxyl groups excluding tert-OH is 2. The lowest BCUT2D eigenvalue weighted by Crippen LogP contribution is -2.39. The van der Waals surface area contributed by atoms with E-state index in [2.05, 4.69) is 20.6 Å². The summed E-state index contributed by atoms with van der Waals surface area (Å²) in [6.07, 6.45) is 2.30. The minimum absolute atomic E-state index is 0.0865. The molecule has 4 rings (SSSR count). The Labute approximate surface area is 221 Å². The van der Waals surface area contributed by atoms with Crippen molar-refractivity contribution in [2.45, 2.75) is 44.2 Å². The summed E-state index contributed by atoms with van der Waals surface area (Å²) >= 11 is 0. The first-order valence-corrected chi connectivity index (χ1v) is 12.3. The SMILES string of the molecule is C[C@@H]1C[C@H](NC(=O)O)C[C@H](c2ccncc2NC(=O)c2ccc(F)c(-c3c(F)cc([C@H](O)CO)cc3F)n2)C1. The van der Waals surface area contributed by atoms with E-state index >= 15 is 0 Å². The lowest BCUT2D eigenvalue weighted by atomic mass is 9.76. The second-order valence-corrected chi connectivity index (χ2v) is 9.66. The monoisotopic (exact) mass is 544 g/mol. The fourth-order valence-electron chi connectivity index (χ4n) is 5.06. The molecule has 0 saturated heterocycles. The van der Waals surface area contributed by atoms with Crippen molar-refractivity contribution in [3.63, 3.8) is 0 Å². The summed E-state index contributed by atoms with van der Waals surface area (Å²) < 4.78 is 44.2. The third-order valence-electron chi connectivity index (χ3n) is 6.75. The van der Waals surface area contributed by atoms with Gasteiger partial charge in [-0.15, -0.1) is 0 Å². The highest BCUT2D eigenvalue weighted by atomic mass is 19.1. The van der Waals surface area contributed by atoms with Crippen LogP contribution in [0.5, 0.6) is 0 Å². The van der Waals surface area contributed by atoms with Crippen molar-refractivity contribution in [2.24, 2.45) is 5.92 Å². The number of aliphatic hydroxyl groups is 2. The highest BCUT2D eigenvalue weighted by molar-refractivity contribution is 6.03. The summed E-state index contributed by atoms with van der Waals surface area (Å²) in [6, 6.07) is 4.91. The molecule has 9 nitrogen and oxygen atoms in total. The molecule has 2 amide bonds. The predicted molar refractivity (Wildman–Crippen MR) is 134 cm³/mol. The number of hydrogen-bond acceptors (Lipinski definition) is 6. The Morgan fingerprint density at radius 3 is 2.46 bits per heavy atom. The molecule has 1 aromatic carbocycles. The second-order valence-electron chi connectivity index (χ2n) is 9.66. The first kappa shape index (κ1) is 28.0. The Balaban J connectivity index is 1.62. The van der Waals surface area contributed by atoms with Gasteiger partial charge in [0, 0.05) is 12.2 Å². The fourth-order valence-corrected chi connectivity index (χ4v) is 5.06. The summed E-state index contributed by atoms with van der Waals surface area (Å²) in [5.41, 5.74) is -1.04. The van der Waals surface area contributed by atoms with Gasteiger partial charge < -0.3 is 26.0 Å². The van der Waals surface area contributed by atoms with Gasteiger partial charge in [0.2, 0.25) is 0 Å². The van der Waals surface area contributed by atoms with E-state index in [1.54, 1.807) is 12.3 Å². The van der Waals surface area contributed by atoms with Crippen LogP contribution in [0.4, 0.5) is 23.7 Å². The Morgan fingerprint density at radius 2 is 1.79 bits per heavy atom. The van der Waals surface area contributed by atoms with Crippen molar-refractivity contribution in [1.82, 2.24) is 15.3 Å². The first-order chi connectivity index (χ1) is 18.6. The third-order valence-corrected chi connectivity index (χ3v) is 6.75. The van der Waals surface area contributed by atoms with Crippen molar-refractivity contribution in [3.05, 3.63) is 77.0 Å². The molecule has 4 atom stereocenters. The van der Waals surface area contributed by atoms with Crippen molar-refractivity contribution >= 4 is 17.7 Å². The number of rotatable bonds is 7. The van der Waals surface area contributed by atoms with E-state index in [4.69, 9.17) is 10.2 Å². The van der Waals surface area contributed by atoms with Crippen molar-refractivity contribution in [3.8, 4) is 11.3 Å². The number of benzene rings is 1. The molecule has 1 aliphatic carbocycles. The first-order valence-electron chi connectivity index (χ1n) is 12.3. The van der Waals surface area contributed by atoms with Crippen LogP contribution in [-0.4, -0.2) is 49.9 Å². The van der Waals surface area contributed by atoms with Crippen molar-refractivity contribution in [2.75, 3.05) is 11.9 Å². The van der Waals surface area contributed by atoms with Gasteiger partial charge in [-0.1, -0.05) is 6.92 Å². The highest BCUT2D eigenvalue weighted by Crippen LogP contribution is 2.39. The summed E-state index contributed by atoms with van der Waals surface area (Å²) in [5, 5.41) is 33.1. The van der Waals surface area contributed by atoms with Crippen LogP contribution >= 0.6 is 0 Å². The molecule has 1 saturated carbocycles. The zero-order valence-corrected chi connectivity index (χ0v) is 20.9. The molecule has 1 fully saturated rings. The maximum absolute atomic E-state index is 14.8. The van der Waals surface area contributed by atoms with Crippen molar-refractivity contribution < 1.29 is 38.1 Å². The lowest BCUT2D eigenvalue weighted by molar-refractivity contribution is 0.0951. The highest BCUT2D eigenvalue weighted by Gasteiger charge is 2.30. The molecule has 39 heavy (non-hydrogen) atoms. The summed E-state index contributed by atoms with van der Waals surface area (Å²) in [6.45, 7) is 1.24. The Bertz CT molecular complexity index is 1370. The second kappa shape index (κ2) is 11.8. The van der Waals surface area contributed by atoms with Gasteiger partial charge >= 0.3 is 6.09 Å². The van der Waals surface area contributed by atoms with Crippen LogP contribution in [-0.2, 0) is 0 Å². The predicted octanol–water partition coefficient (Wildman–Crippen LogP) is 4.38. The summed E-state index contributed by atoms with van der Waals surface area (Å²) in [4.78, 5) is 32.2. The maximum Gasteiger partial charge on any atom is 0.404 e. The number of carbonyl (C=O) groups is 2. The molecule has 5 N–H and O–H groups in total. The molecule has 0 aliphatic heterocycles. The van der Waals surface area contributed by atoms with Crippen LogP contribution in [0.15, 0.2) is 42.7 Å². The van der Waals surface area contributed by atoms with Crippen LogP contribution in [0.3, 0.4) is 0 Å². The third kappa shape index (κ3) is 6.35. The van der Waals surface area contributed by atoms with Crippen LogP contribution in [0.1, 0.15) is 59.8 Å². The van der Waals surface area contributed by atoms with Gasteiger partial charge in [0.15, 0.2) is 0 Å². The number of carbonyl (C=O) groups excluding carboxylic acids is 1. The average molecular weight is 545 g/mol.